The number of hydrogen-bond donors (Lipinski definition) is 0. The standard InChI is InChI=1S/C13H24O4/c1-4-9-16-12(14)8-6-7-11(3)13(15)17-10-5-2/h11H,4-10H2,1-3H3. The van der Waals surface area contributed by atoms with Crippen LogP contribution in [0.15, 0.2) is 0 Å². The second kappa shape index (κ2) is 10.1. The summed E-state index contributed by atoms with van der Waals surface area (Å²) in [5.74, 6) is -0.490. The van der Waals surface area contributed by atoms with E-state index >= 15 is 0 Å². The summed E-state index contributed by atoms with van der Waals surface area (Å²) in [4.78, 5) is 22.6. The summed E-state index contributed by atoms with van der Waals surface area (Å²) in [6.45, 7) is 6.70. The van der Waals surface area contributed by atoms with Gasteiger partial charge in [0.2, 0.25) is 0 Å². The van der Waals surface area contributed by atoms with Crippen LogP contribution in [-0.2, 0) is 19.1 Å². The molecule has 0 aromatic heterocycles. The molecule has 0 radical (unpaired) electrons. The average molecular weight is 244 g/mol. The molecule has 0 aromatic carbocycles. The Balaban J connectivity index is 3.59. The van der Waals surface area contributed by atoms with Crippen LogP contribution in [0.4, 0.5) is 0 Å². The summed E-state index contributed by atoms with van der Waals surface area (Å²) in [6, 6.07) is 0. The highest BCUT2D eigenvalue weighted by atomic mass is 16.5. The second-order valence-corrected chi connectivity index (χ2v) is 4.18. The lowest BCUT2D eigenvalue weighted by Crippen LogP contribution is -2.16. The summed E-state index contributed by atoms with van der Waals surface area (Å²) >= 11 is 0. The predicted octanol–water partition coefficient (Wildman–Crippen LogP) is 2.70. The van der Waals surface area contributed by atoms with E-state index in [2.05, 4.69) is 0 Å². The number of ether oxygens (including phenoxy) is 2. The van der Waals surface area contributed by atoms with Crippen molar-refractivity contribution in [2.75, 3.05) is 13.2 Å². The van der Waals surface area contributed by atoms with Crippen LogP contribution < -0.4 is 0 Å². The molecule has 0 rings (SSSR count). The van der Waals surface area contributed by atoms with Crippen molar-refractivity contribution >= 4 is 11.9 Å². The van der Waals surface area contributed by atoms with Gasteiger partial charge < -0.3 is 9.47 Å². The van der Waals surface area contributed by atoms with E-state index in [4.69, 9.17) is 9.47 Å². The van der Waals surface area contributed by atoms with Gasteiger partial charge in [-0.05, 0) is 25.7 Å². The quantitative estimate of drug-likeness (QED) is 0.585. The molecule has 0 bridgehead atoms. The number of carbonyl (C=O) groups excluding carboxylic acids is 2. The first-order valence-electron chi connectivity index (χ1n) is 6.44. The first-order chi connectivity index (χ1) is 8.11. The van der Waals surface area contributed by atoms with Crippen LogP contribution in [0.25, 0.3) is 0 Å². The van der Waals surface area contributed by atoms with Gasteiger partial charge in [0.1, 0.15) is 0 Å². The molecule has 0 saturated carbocycles. The zero-order chi connectivity index (χ0) is 13.1. The lowest BCUT2D eigenvalue weighted by Gasteiger charge is -2.10. The largest absolute Gasteiger partial charge is 0.466 e. The number of hydrogen-bond acceptors (Lipinski definition) is 4. The summed E-state index contributed by atoms with van der Waals surface area (Å²) in [5, 5.41) is 0. The number of carbonyl (C=O) groups is 2. The zero-order valence-corrected chi connectivity index (χ0v) is 11.2. The van der Waals surface area contributed by atoms with Crippen LogP contribution in [0.1, 0.15) is 52.9 Å². The van der Waals surface area contributed by atoms with Gasteiger partial charge in [-0.25, -0.2) is 0 Å². The monoisotopic (exact) mass is 244 g/mol. The highest BCUT2D eigenvalue weighted by Gasteiger charge is 2.14. The van der Waals surface area contributed by atoms with E-state index < -0.39 is 0 Å². The normalized spacial score (nSPS) is 11.9. The van der Waals surface area contributed by atoms with Crippen molar-refractivity contribution in [2.45, 2.75) is 52.9 Å². The molecule has 0 heterocycles. The molecular formula is C13H24O4. The van der Waals surface area contributed by atoms with E-state index in [0.29, 0.717) is 32.5 Å². The fourth-order valence-electron chi connectivity index (χ4n) is 1.30. The molecule has 0 N–H and O–H groups in total. The molecule has 100 valence electrons. The molecule has 4 nitrogen and oxygen atoms in total. The van der Waals surface area contributed by atoms with E-state index in [1.165, 1.54) is 0 Å². The molecule has 17 heavy (non-hydrogen) atoms. The Bertz CT molecular complexity index is 225. The fraction of sp³-hybridized carbons (Fsp3) is 0.846. The van der Waals surface area contributed by atoms with Crippen LogP contribution in [0.3, 0.4) is 0 Å². The van der Waals surface area contributed by atoms with Gasteiger partial charge in [-0.15, -0.1) is 0 Å². The third-order valence-corrected chi connectivity index (χ3v) is 2.34. The van der Waals surface area contributed by atoms with E-state index in [9.17, 15) is 9.59 Å². The smallest absolute Gasteiger partial charge is 0.308 e. The molecule has 0 fully saturated rings. The SMILES string of the molecule is CCCOC(=O)CCCC(C)C(=O)OCCC. The minimum absolute atomic E-state index is 0.138. The average Bonchev–Trinajstić information content (AvgIpc) is 2.33. The predicted molar refractivity (Wildman–Crippen MR) is 65.5 cm³/mol. The van der Waals surface area contributed by atoms with Crippen LogP contribution in [-0.4, -0.2) is 25.2 Å². The van der Waals surface area contributed by atoms with Crippen LogP contribution in [0.2, 0.25) is 0 Å². The molecule has 0 aliphatic rings. The first kappa shape index (κ1) is 15.9. The number of rotatable bonds is 9. The lowest BCUT2D eigenvalue weighted by molar-refractivity contribution is -0.149. The summed E-state index contributed by atoms with van der Waals surface area (Å²) in [7, 11) is 0. The minimum Gasteiger partial charge on any atom is -0.466 e. The van der Waals surface area contributed by atoms with Gasteiger partial charge in [0.25, 0.3) is 0 Å². The van der Waals surface area contributed by atoms with E-state index in [-0.39, 0.29) is 17.9 Å². The van der Waals surface area contributed by atoms with Gasteiger partial charge in [-0.3, -0.25) is 9.59 Å². The fourth-order valence-corrected chi connectivity index (χ4v) is 1.30. The third kappa shape index (κ3) is 8.72. The highest BCUT2D eigenvalue weighted by molar-refractivity contribution is 5.72. The van der Waals surface area contributed by atoms with Crippen molar-refractivity contribution in [2.24, 2.45) is 5.92 Å². The van der Waals surface area contributed by atoms with E-state index in [1.54, 1.807) is 0 Å². The Labute approximate surface area is 104 Å². The molecule has 1 atom stereocenters. The van der Waals surface area contributed by atoms with Crippen molar-refractivity contribution in [3.05, 3.63) is 0 Å². The summed E-state index contributed by atoms with van der Waals surface area (Å²) in [5.41, 5.74) is 0. The molecule has 1 unspecified atom stereocenters. The molecule has 0 saturated heterocycles. The van der Waals surface area contributed by atoms with Gasteiger partial charge in [0.15, 0.2) is 0 Å². The maximum Gasteiger partial charge on any atom is 0.308 e. The second-order valence-electron chi connectivity index (χ2n) is 4.18. The van der Waals surface area contributed by atoms with Gasteiger partial charge in [0.05, 0.1) is 19.1 Å². The Morgan fingerprint density at radius 2 is 1.65 bits per heavy atom. The van der Waals surface area contributed by atoms with Crippen molar-refractivity contribution in [1.82, 2.24) is 0 Å². The molecule has 0 aliphatic carbocycles. The Morgan fingerprint density at radius 3 is 2.24 bits per heavy atom. The zero-order valence-electron chi connectivity index (χ0n) is 11.2. The maximum atomic E-state index is 11.4. The first-order valence-corrected chi connectivity index (χ1v) is 6.44. The molecule has 0 amide bonds. The topological polar surface area (TPSA) is 52.6 Å². The Morgan fingerprint density at radius 1 is 1.06 bits per heavy atom. The molecular weight excluding hydrogens is 220 g/mol. The third-order valence-electron chi connectivity index (χ3n) is 2.34. The Kier molecular flexibility index (Phi) is 9.49. The van der Waals surface area contributed by atoms with Crippen molar-refractivity contribution in [3.63, 3.8) is 0 Å². The van der Waals surface area contributed by atoms with Crippen LogP contribution in [0.5, 0.6) is 0 Å². The molecule has 0 aromatic rings. The van der Waals surface area contributed by atoms with Crippen molar-refractivity contribution in [1.29, 1.82) is 0 Å². The Hall–Kier alpha value is -1.06. The van der Waals surface area contributed by atoms with Crippen LogP contribution >= 0.6 is 0 Å². The maximum absolute atomic E-state index is 11.4. The molecule has 0 aliphatic heterocycles. The minimum atomic E-state index is -0.180. The number of esters is 2. The van der Waals surface area contributed by atoms with Gasteiger partial charge >= 0.3 is 11.9 Å². The van der Waals surface area contributed by atoms with Gasteiger partial charge in [-0.1, -0.05) is 20.8 Å². The van der Waals surface area contributed by atoms with Gasteiger partial charge in [-0.2, -0.15) is 0 Å². The lowest BCUT2D eigenvalue weighted by atomic mass is 10.0. The van der Waals surface area contributed by atoms with Crippen LogP contribution in [0, 0.1) is 5.92 Å². The summed E-state index contributed by atoms with van der Waals surface area (Å²) < 4.78 is 9.96. The van der Waals surface area contributed by atoms with Crippen molar-refractivity contribution < 1.29 is 19.1 Å². The molecule has 4 heteroatoms. The van der Waals surface area contributed by atoms with Crippen molar-refractivity contribution in [3.8, 4) is 0 Å². The van der Waals surface area contributed by atoms with Gasteiger partial charge in [0, 0.05) is 6.42 Å². The van der Waals surface area contributed by atoms with E-state index in [1.807, 2.05) is 20.8 Å². The molecule has 0 spiro atoms. The summed E-state index contributed by atoms with van der Waals surface area (Å²) in [6.07, 6.45) is 3.40. The highest BCUT2D eigenvalue weighted by Crippen LogP contribution is 2.10. The van der Waals surface area contributed by atoms with E-state index in [0.717, 1.165) is 12.8 Å².